The summed E-state index contributed by atoms with van der Waals surface area (Å²) in [7, 11) is 0. The molecule has 1 aromatic carbocycles. The summed E-state index contributed by atoms with van der Waals surface area (Å²) in [6, 6.07) is 1.68. The van der Waals surface area contributed by atoms with Crippen molar-refractivity contribution in [3.63, 3.8) is 0 Å². The van der Waals surface area contributed by atoms with Crippen LogP contribution < -0.4 is 5.32 Å². The Morgan fingerprint density at radius 3 is 2.44 bits per heavy atom. The van der Waals surface area contributed by atoms with Crippen LogP contribution in [-0.2, 0) is 6.18 Å². The molecule has 0 aliphatic rings. The molecule has 0 aromatic heterocycles. The van der Waals surface area contributed by atoms with Crippen molar-refractivity contribution in [3.8, 4) is 0 Å². The first kappa shape index (κ1) is 15.6. The first-order chi connectivity index (χ1) is 8.25. The molecule has 3 nitrogen and oxygen atoms in total. The smallest absolute Gasteiger partial charge is 0.394 e. The van der Waals surface area contributed by atoms with Gasteiger partial charge in [-0.15, -0.1) is 0 Å². The minimum atomic E-state index is -4.48. The van der Waals surface area contributed by atoms with E-state index < -0.39 is 24.5 Å². The van der Waals surface area contributed by atoms with Gasteiger partial charge in [0.2, 0.25) is 0 Å². The van der Waals surface area contributed by atoms with Crippen molar-refractivity contribution in [2.75, 3.05) is 18.5 Å². The number of halogens is 5. The van der Waals surface area contributed by atoms with Crippen LogP contribution in [0.1, 0.15) is 5.56 Å². The second kappa shape index (κ2) is 6.10. The molecule has 1 rings (SSSR count). The number of anilines is 1. The summed E-state index contributed by atoms with van der Waals surface area (Å²) >= 11 is 8.70. The van der Waals surface area contributed by atoms with Crippen LogP contribution in [0.15, 0.2) is 16.6 Å². The van der Waals surface area contributed by atoms with Gasteiger partial charge in [0.15, 0.2) is 0 Å². The van der Waals surface area contributed by atoms with Gasteiger partial charge in [0.05, 0.1) is 29.0 Å². The average molecular weight is 349 g/mol. The molecule has 0 radical (unpaired) electrons. The van der Waals surface area contributed by atoms with Crippen molar-refractivity contribution in [1.29, 1.82) is 0 Å². The van der Waals surface area contributed by atoms with Crippen LogP contribution >= 0.6 is 27.5 Å². The van der Waals surface area contributed by atoms with Gasteiger partial charge in [-0.1, -0.05) is 11.6 Å². The molecule has 0 saturated carbocycles. The maximum absolute atomic E-state index is 12.5. The number of benzene rings is 1. The highest BCUT2D eigenvalue weighted by Gasteiger charge is 2.31. The average Bonchev–Trinajstić information content (AvgIpc) is 2.26. The van der Waals surface area contributed by atoms with Gasteiger partial charge < -0.3 is 15.5 Å². The van der Waals surface area contributed by atoms with Crippen LogP contribution in [0.5, 0.6) is 0 Å². The highest BCUT2D eigenvalue weighted by molar-refractivity contribution is 9.10. The lowest BCUT2D eigenvalue weighted by Crippen LogP contribution is -2.23. The van der Waals surface area contributed by atoms with E-state index in [0.29, 0.717) is 0 Å². The van der Waals surface area contributed by atoms with Gasteiger partial charge in [0.25, 0.3) is 0 Å². The van der Waals surface area contributed by atoms with Crippen LogP contribution in [0.25, 0.3) is 0 Å². The second-order valence-corrected chi connectivity index (χ2v) is 4.79. The van der Waals surface area contributed by atoms with Gasteiger partial charge in [-0.05, 0) is 28.1 Å². The van der Waals surface area contributed by atoms with E-state index in [1.165, 1.54) is 0 Å². The number of alkyl halides is 3. The molecule has 0 amide bonds. The fraction of sp³-hybridized carbons (Fsp3) is 0.400. The lowest BCUT2D eigenvalue weighted by Gasteiger charge is -2.15. The van der Waals surface area contributed by atoms with Crippen molar-refractivity contribution in [3.05, 3.63) is 27.2 Å². The molecule has 1 aromatic rings. The Labute approximate surface area is 115 Å². The Kier molecular flexibility index (Phi) is 5.27. The molecule has 1 atom stereocenters. The van der Waals surface area contributed by atoms with E-state index in [4.69, 9.17) is 21.8 Å². The highest BCUT2D eigenvalue weighted by Crippen LogP contribution is 2.38. The third-order valence-electron chi connectivity index (χ3n) is 2.09. The van der Waals surface area contributed by atoms with Crippen molar-refractivity contribution in [1.82, 2.24) is 0 Å². The number of hydrogen-bond acceptors (Lipinski definition) is 3. The van der Waals surface area contributed by atoms with Crippen LogP contribution in [0.2, 0.25) is 5.02 Å². The maximum atomic E-state index is 12.5. The van der Waals surface area contributed by atoms with Crippen molar-refractivity contribution >= 4 is 33.2 Å². The summed E-state index contributed by atoms with van der Waals surface area (Å²) in [6.07, 6.45) is -5.50. The zero-order valence-corrected chi connectivity index (χ0v) is 11.3. The molecule has 0 spiro atoms. The fourth-order valence-corrected chi connectivity index (χ4v) is 2.19. The number of nitrogens with one attached hydrogen (secondary N) is 1. The minimum absolute atomic E-state index is 0.0276. The number of aliphatic hydroxyl groups is 2. The first-order valence-electron chi connectivity index (χ1n) is 4.84. The predicted molar refractivity (Wildman–Crippen MR) is 65.7 cm³/mol. The van der Waals surface area contributed by atoms with E-state index in [0.717, 1.165) is 12.1 Å². The predicted octanol–water partition coefficient (Wildman–Crippen LogP) is 2.89. The van der Waals surface area contributed by atoms with Gasteiger partial charge in [0, 0.05) is 11.0 Å². The van der Waals surface area contributed by atoms with E-state index in [9.17, 15) is 13.2 Å². The zero-order chi connectivity index (χ0) is 13.9. The summed E-state index contributed by atoms with van der Waals surface area (Å²) in [5.41, 5.74) is -0.634. The molecule has 0 heterocycles. The summed E-state index contributed by atoms with van der Waals surface area (Å²) in [5, 5.41) is 20.3. The van der Waals surface area contributed by atoms with E-state index in [1.54, 1.807) is 0 Å². The third-order valence-corrected chi connectivity index (χ3v) is 3.02. The molecule has 0 aliphatic heterocycles. The largest absolute Gasteiger partial charge is 0.416 e. The lowest BCUT2D eigenvalue weighted by atomic mass is 10.2. The van der Waals surface area contributed by atoms with Gasteiger partial charge in [-0.25, -0.2) is 0 Å². The highest BCUT2D eigenvalue weighted by atomic mass is 79.9. The van der Waals surface area contributed by atoms with E-state index >= 15 is 0 Å². The number of rotatable bonds is 4. The minimum Gasteiger partial charge on any atom is -0.394 e. The third kappa shape index (κ3) is 4.01. The van der Waals surface area contributed by atoms with Crippen LogP contribution in [0, 0.1) is 0 Å². The fourth-order valence-electron chi connectivity index (χ4n) is 1.19. The standard InChI is InChI=1S/C10H10BrClF3NO2/c11-7-1-5(10(13,14)15)2-8(12)9(7)16-3-6(18)4-17/h1-2,6,16-18H,3-4H2. The van der Waals surface area contributed by atoms with E-state index in [1.807, 2.05) is 0 Å². The molecule has 3 N–H and O–H groups in total. The molecule has 0 fully saturated rings. The lowest BCUT2D eigenvalue weighted by molar-refractivity contribution is -0.137. The van der Waals surface area contributed by atoms with Crippen molar-refractivity contribution in [2.24, 2.45) is 0 Å². The van der Waals surface area contributed by atoms with Crippen LogP contribution in [0.3, 0.4) is 0 Å². The number of aliphatic hydroxyl groups excluding tert-OH is 2. The molecular weight excluding hydrogens is 338 g/mol. The number of hydrogen-bond donors (Lipinski definition) is 3. The second-order valence-electron chi connectivity index (χ2n) is 3.53. The van der Waals surface area contributed by atoms with Gasteiger partial charge in [0.1, 0.15) is 0 Å². The normalized spacial score (nSPS) is 13.5. The Hall–Kier alpha value is -0.500. The van der Waals surface area contributed by atoms with Crippen molar-refractivity contribution in [2.45, 2.75) is 12.3 Å². The Balaban J connectivity index is 2.95. The molecule has 0 bridgehead atoms. The molecular formula is C10H10BrClF3NO2. The maximum Gasteiger partial charge on any atom is 0.416 e. The monoisotopic (exact) mass is 347 g/mol. The van der Waals surface area contributed by atoms with Gasteiger partial charge in [-0.2, -0.15) is 13.2 Å². The topological polar surface area (TPSA) is 52.5 Å². The van der Waals surface area contributed by atoms with Gasteiger partial charge in [-0.3, -0.25) is 0 Å². The van der Waals surface area contributed by atoms with Crippen LogP contribution in [0.4, 0.5) is 18.9 Å². The quantitative estimate of drug-likeness (QED) is 0.784. The molecule has 1 unspecified atom stereocenters. The molecule has 0 saturated heterocycles. The summed E-state index contributed by atoms with van der Waals surface area (Å²) in [6.45, 7) is -0.483. The van der Waals surface area contributed by atoms with Gasteiger partial charge >= 0.3 is 6.18 Å². The summed E-state index contributed by atoms with van der Waals surface area (Å²) < 4.78 is 37.6. The molecule has 8 heteroatoms. The Bertz CT molecular complexity index is 405. The molecule has 0 aliphatic carbocycles. The first-order valence-corrected chi connectivity index (χ1v) is 6.02. The SMILES string of the molecule is OCC(O)CNc1c(Cl)cc(C(F)(F)F)cc1Br. The Morgan fingerprint density at radius 1 is 1.39 bits per heavy atom. The zero-order valence-electron chi connectivity index (χ0n) is 8.93. The van der Waals surface area contributed by atoms with E-state index in [2.05, 4.69) is 21.2 Å². The Morgan fingerprint density at radius 2 is 2.00 bits per heavy atom. The van der Waals surface area contributed by atoms with Crippen molar-refractivity contribution < 1.29 is 23.4 Å². The molecule has 18 heavy (non-hydrogen) atoms. The summed E-state index contributed by atoms with van der Waals surface area (Å²) in [5.74, 6) is 0. The van der Waals surface area contributed by atoms with Crippen LogP contribution in [-0.4, -0.2) is 29.5 Å². The van der Waals surface area contributed by atoms with E-state index in [-0.39, 0.29) is 21.7 Å². The molecule has 102 valence electrons. The summed E-state index contributed by atoms with van der Waals surface area (Å²) in [4.78, 5) is 0.